The molecule has 3 nitrogen and oxygen atoms in total. The Labute approximate surface area is 97.9 Å². The molecule has 1 aromatic rings. The molecule has 0 saturated carbocycles. The summed E-state index contributed by atoms with van der Waals surface area (Å²) < 4.78 is 16.5. The number of hydrogen-bond acceptors (Lipinski definition) is 3. The van der Waals surface area contributed by atoms with Crippen molar-refractivity contribution in [3.8, 4) is 5.75 Å². The van der Waals surface area contributed by atoms with E-state index in [-0.39, 0.29) is 0 Å². The third kappa shape index (κ3) is 5.19. The summed E-state index contributed by atoms with van der Waals surface area (Å²) in [6, 6.07) is 9.56. The average Bonchev–Trinajstić information content (AvgIpc) is 2.34. The van der Waals surface area contributed by atoms with Crippen molar-refractivity contribution in [2.45, 2.75) is 26.7 Å². The van der Waals surface area contributed by atoms with Crippen LogP contribution >= 0.6 is 0 Å². The molecule has 0 heterocycles. The lowest BCUT2D eigenvalue weighted by Crippen LogP contribution is -2.31. The zero-order chi connectivity index (χ0) is 11.6. The van der Waals surface area contributed by atoms with E-state index >= 15 is 0 Å². The molecule has 0 spiro atoms. The summed E-state index contributed by atoms with van der Waals surface area (Å²) in [5.41, 5.74) is 0. The second-order valence-corrected chi connectivity index (χ2v) is 3.46. The Hall–Kier alpha value is -0.995. The van der Waals surface area contributed by atoms with Crippen molar-refractivity contribution in [1.29, 1.82) is 0 Å². The van der Waals surface area contributed by atoms with Crippen LogP contribution in [0.2, 0.25) is 0 Å². The molecular weight excluding hydrogens is 203 g/mol. The smallest absolute Gasteiger partial charge is 0.512 e. The molecule has 0 fully saturated rings. The lowest BCUT2D eigenvalue weighted by Gasteiger charge is -2.14. The van der Waals surface area contributed by atoms with E-state index in [4.69, 9.17) is 14.0 Å². The van der Waals surface area contributed by atoms with Gasteiger partial charge in [-0.2, -0.15) is 0 Å². The zero-order valence-electron chi connectivity index (χ0n) is 10.0. The summed E-state index contributed by atoms with van der Waals surface area (Å²) in [6.07, 6.45) is 1.90. The minimum Gasteiger partial charge on any atom is -0.512 e. The van der Waals surface area contributed by atoms with Gasteiger partial charge in [-0.3, -0.25) is 0 Å². The first-order chi connectivity index (χ1) is 7.86. The van der Waals surface area contributed by atoms with Crippen LogP contribution in [0.3, 0.4) is 0 Å². The molecule has 1 rings (SSSR count). The average molecular weight is 222 g/mol. The van der Waals surface area contributed by atoms with Crippen LogP contribution in [0.15, 0.2) is 30.3 Å². The number of hydrogen-bond donors (Lipinski definition) is 0. The van der Waals surface area contributed by atoms with Crippen LogP contribution in [0.5, 0.6) is 5.75 Å². The highest BCUT2D eigenvalue weighted by molar-refractivity contribution is 6.37. The largest absolute Gasteiger partial charge is 0.713 e. The van der Waals surface area contributed by atoms with Gasteiger partial charge in [0.15, 0.2) is 0 Å². The van der Waals surface area contributed by atoms with Gasteiger partial charge in [0.25, 0.3) is 0 Å². The Morgan fingerprint density at radius 3 is 2.00 bits per heavy atom. The molecule has 0 aromatic heterocycles. The first-order valence-electron chi connectivity index (χ1n) is 5.81. The van der Waals surface area contributed by atoms with Crippen molar-refractivity contribution in [2.24, 2.45) is 0 Å². The summed E-state index contributed by atoms with van der Waals surface area (Å²) in [5, 5.41) is 0. The highest BCUT2D eigenvalue weighted by Crippen LogP contribution is 2.10. The van der Waals surface area contributed by atoms with Gasteiger partial charge in [0, 0.05) is 13.2 Å². The Morgan fingerprint density at radius 2 is 1.50 bits per heavy atom. The molecule has 0 aliphatic heterocycles. The van der Waals surface area contributed by atoms with Crippen molar-refractivity contribution in [3.63, 3.8) is 0 Å². The van der Waals surface area contributed by atoms with E-state index in [9.17, 15) is 0 Å². The predicted molar refractivity (Wildman–Crippen MR) is 65.3 cm³/mol. The normalized spacial score (nSPS) is 10.1. The van der Waals surface area contributed by atoms with E-state index in [1.165, 1.54) is 0 Å². The van der Waals surface area contributed by atoms with Crippen LogP contribution in [0.1, 0.15) is 26.7 Å². The van der Waals surface area contributed by atoms with E-state index in [2.05, 4.69) is 13.8 Å². The molecule has 0 atom stereocenters. The van der Waals surface area contributed by atoms with E-state index in [1.807, 2.05) is 30.3 Å². The van der Waals surface area contributed by atoms with Gasteiger partial charge in [0.1, 0.15) is 5.75 Å². The Balaban J connectivity index is 2.42. The molecular formula is C12H19BO3. The third-order valence-electron chi connectivity index (χ3n) is 1.89. The molecule has 0 aliphatic rings. The molecule has 88 valence electrons. The van der Waals surface area contributed by atoms with Crippen LogP contribution in [-0.4, -0.2) is 20.5 Å². The zero-order valence-corrected chi connectivity index (χ0v) is 10.0. The fourth-order valence-electron chi connectivity index (χ4n) is 1.15. The van der Waals surface area contributed by atoms with Gasteiger partial charge in [-0.1, -0.05) is 32.0 Å². The molecule has 16 heavy (non-hydrogen) atoms. The SMILES string of the molecule is CCCOB(OCCC)Oc1ccccc1. The Morgan fingerprint density at radius 1 is 0.938 bits per heavy atom. The van der Waals surface area contributed by atoms with E-state index < -0.39 is 7.32 Å². The van der Waals surface area contributed by atoms with Gasteiger partial charge in [-0.15, -0.1) is 0 Å². The molecule has 0 amide bonds. The topological polar surface area (TPSA) is 27.7 Å². The summed E-state index contributed by atoms with van der Waals surface area (Å²) >= 11 is 0. The van der Waals surface area contributed by atoms with Gasteiger partial charge in [-0.25, -0.2) is 0 Å². The summed E-state index contributed by atoms with van der Waals surface area (Å²) in [5.74, 6) is 0.764. The maximum absolute atomic E-state index is 5.57. The van der Waals surface area contributed by atoms with Crippen LogP contribution < -0.4 is 4.65 Å². The quantitative estimate of drug-likeness (QED) is 0.633. The highest BCUT2D eigenvalue weighted by Gasteiger charge is 2.23. The molecule has 0 bridgehead atoms. The number of benzene rings is 1. The van der Waals surface area contributed by atoms with Gasteiger partial charge in [-0.05, 0) is 25.0 Å². The van der Waals surface area contributed by atoms with E-state index in [0.29, 0.717) is 13.2 Å². The van der Waals surface area contributed by atoms with Crippen molar-refractivity contribution in [1.82, 2.24) is 0 Å². The van der Waals surface area contributed by atoms with Crippen LogP contribution in [0.4, 0.5) is 0 Å². The van der Waals surface area contributed by atoms with Gasteiger partial charge >= 0.3 is 7.32 Å². The first-order valence-corrected chi connectivity index (χ1v) is 5.81. The minimum atomic E-state index is -0.595. The first kappa shape index (κ1) is 13.1. The lowest BCUT2D eigenvalue weighted by atomic mass is 10.2. The molecule has 4 heteroatoms. The van der Waals surface area contributed by atoms with Gasteiger partial charge in [0.05, 0.1) is 0 Å². The number of para-hydroxylation sites is 1. The molecule has 0 radical (unpaired) electrons. The fraction of sp³-hybridized carbons (Fsp3) is 0.500. The Kier molecular flexibility index (Phi) is 6.69. The van der Waals surface area contributed by atoms with E-state index in [1.54, 1.807) is 0 Å². The molecule has 0 N–H and O–H groups in total. The molecule has 0 unspecified atom stereocenters. The van der Waals surface area contributed by atoms with Gasteiger partial charge in [0.2, 0.25) is 0 Å². The fourth-order valence-corrected chi connectivity index (χ4v) is 1.15. The minimum absolute atomic E-state index is 0.595. The third-order valence-corrected chi connectivity index (χ3v) is 1.89. The highest BCUT2D eigenvalue weighted by atomic mass is 16.7. The monoisotopic (exact) mass is 222 g/mol. The molecule has 1 aromatic carbocycles. The van der Waals surface area contributed by atoms with Crippen molar-refractivity contribution < 1.29 is 14.0 Å². The maximum atomic E-state index is 5.57. The standard InChI is InChI=1S/C12H19BO3/c1-3-10-14-13(15-11-4-2)16-12-8-6-5-7-9-12/h5-9H,3-4,10-11H2,1-2H3. The van der Waals surface area contributed by atoms with Crippen molar-refractivity contribution >= 4 is 7.32 Å². The van der Waals surface area contributed by atoms with Crippen molar-refractivity contribution in [3.05, 3.63) is 30.3 Å². The van der Waals surface area contributed by atoms with Crippen LogP contribution in [0, 0.1) is 0 Å². The lowest BCUT2D eigenvalue weighted by molar-refractivity contribution is 0.140. The summed E-state index contributed by atoms with van der Waals surface area (Å²) in [6.45, 7) is 5.39. The molecule has 0 aliphatic carbocycles. The Bertz CT molecular complexity index is 258. The van der Waals surface area contributed by atoms with Gasteiger partial charge < -0.3 is 14.0 Å². The summed E-state index contributed by atoms with van der Waals surface area (Å²) in [4.78, 5) is 0. The van der Waals surface area contributed by atoms with Crippen LogP contribution in [-0.2, 0) is 9.31 Å². The number of rotatable bonds is 8. The predicted octanol–water partition coefficient (Wildman–Crippen LogP) is 2.90. The van der Waals surface area contributed by atoms with E-state index in [0.717, 1.165) is 18.6 Å². The second kappa shape index (κ2) is 8.19. The van der Waals surface area contributed by atoms with Crippen molar-refractivity contribution in [2.75, 3.05) is 13.2 Å². The second-order valence-electron chi connectivity index (χ2n) is 3.46. The van der Waals surface area contributed by atoms with Crippen LogP contribution in [0.25, 0.3) is 0 Å². The molecule has 0 saturated heterocycles. The maximum Gasteiger partial charge on any atom is 0.713 e. The summed E-state index contributed by atoms with van der Waals surface area (Å²) in [7, 11) is -0.595.